The molecule has 82 valence electrons. The fourth-order valence-corrected chi connectivity index (χ4v) is 1.31. The smallest absolute Gasteiger partial charge is 0.323 e. The van der Waals surface area contributed by atoms with E-state index in [0.29, 0.717) is 6.42 Å². The Balaban J connectivity index is 2.66. The molecule has 1 aromatic rings. The molecular weight excluding hydrogens is 194 g/mol. The number of methoxy groups -OCH3 is 1. The van der Waals surface area contributed by atoms with E-state index < -0.39 is 0 Å². The van der Waals surface area contributed by atoms with Crippen molar-refractivity contribution in [2.24, 2.45) is 0 Å². The maximum Gasteiger partial charge on any atom is 0.323 e. The van der Waals surface area contributed by atoms with Crippen molar-refractivity contribution in [2.45, 2.75) is 12.5 Å². The number of carbonyl (C=O) groups is 1. The average molecular weight is 209 g/mol. The van der Waals surface area contributed by atoms with Crippen molar-refractivity contribution in [3.8, 4) is 5.75 Å². The summed E-state index contributed by atoms with van der Waals surface area (Å²) in [5, 5.41) is 12.0. The van der Waals surface area contributed by atoms with Gasteiger partial charge >= 0.3 is 5.97 Å². The molecule has 0 radical (unpaired) electrons. The van der Waals surface area contributed by atoms with Gasteiger partial charge in [-0.05, 0) is 31.2 Å². The maximum atomic E-state index is 11.3. The highest BCUT2D eigenvalue weighted by Crippen LogP contribution is 2.11. The summed E-state index contributed by atoms with van der Waals surface area (Å²) in [6.45, 7) is 0. The van der Waals surface area contributed by atoms with Gasteiger partial charge in [-0.1, -0.05) is 12.1 Å². The Bertz CT molecular complexity index is 321. The van der Waals surface area contributed by atoms with Crippen LogP contribution in [-0.2, 0) is 16.0 Å². The van der Waals surface area contributed by atoms with Gasteiger partial charge in [0.2, 0.25) is 0 Å². The first-order valence-corrected chi connectivity index (χ1v) is 4.70. The molecule has 1 rings (SSSR count). The van der Waals surface area contributed by atoms with Crippen LogP contribution in [0, 0.1) is 0 Å². The van der Waals surface area contributed by atoms with Crippen LogP contribution in [0.25, 0.3) is 0 Å². The second-order valence-corrected chi connectivity index (χ2v) is 3.23. The topological polar surface area (TPSA) is 58.6 Å². The largest absolute Gasteiger partial charge is 0.508 e. The van der Waals surface area contributed by atoms with Gasteiger partial charge in [-0.25, -0.2) is 0 Å². The van der Waals surface area contributed by atoms with E-state index in [9.17, 15) is 4.79 Å². The third-order valence-electron chi connectivity index (χ3n) is 2.21. The fourth-order valence-electron chi connectivity index (χ4n) is 1.31. The van der Waals surface area contributed by atoms with Gasteiger partial charge in [-0.2, -0.15) is 0 Å². The Hall–Kier alpha value is -1.55. The van der Waals surface area contributed by atoms with Crippen molar-refractivity contribution in [1.82, 2.24) is 5.32 Å². The van der Waals surface area contributed by atoms with E-state index in [0.717, 1.165) is 5.56 Å². The number of phenols is 1. The van der Waals surface area contributed by atoms with Crippen LogP contribution in [0.4, 0.5) is 0 Å². The molecule has 15 heavy (non-hydrogen) atoms. The number of benzene rings is 1. The van der Waals surface area contributed by atoms with E-state index in [-0.39, 0.29) is 17.8 Å². The predicted octanol–water partition coefficient (Wildman–Crippen LogP) is 0.696. The van der Waals surface area contributed by atoms with Crippen LogP contribution in [0.1, 0.15) is 5.56 Å². The number of rotatable bonds is 4. The van der Waals surface area contributed by atoms with E-state index in [4.69, 9.17) is 5.11 Å². The molecule has 0 spiro atoms. The van der Waals surface area contributed by atoms with E-state index >= 15 is 0 Å². The minimum absolute atomic E-state index is 0.220. The zero-order valence-corrected chi connectivity index (χ0v) is 8.86. The molecule has 1 unspecified atom stereocenters. The number of phenolic OH excluding ortho intramolecular Hbond substituents is 1. The monoisotopic (exact) mass is 209 g/mol. The summed E-state index contributed by atoms with van der Waals surface area (Å²) in [6.07, 6.45) is 0.545. The van der Waals surface area contributed by atoms with Crippen molar-refractivity contribution < 1.29 is 14.6 Å². The van der Waals surface area contributed by atoms with Gasteiger partial charge in [0.15, 0.2) is 0 Å². The standard InChI is InChI=1S/C11H15NO3/c1-12-10(11(14)15-2)7-8-3-5-9(13)6-4-8/h3-6,10,12-13H,7H2,1-2H3. The zero-order chi connectivity index (χ0) is 11.3. The molecule has 0 bridgehead atoms. The highest BCUT2D eigenvalue weighted by Gasteiger charge is 2.16. The first kappa shape index (κ1) is 11.5. The van der Waals surface area contributed by atoms with Crippen molar-refractivity contribution in [2.75, 3.05) is 14.2 Å². The molecule has 4 nitrogen and oxygen atoms in total. The van der Waals surface area contributed by atoms with Crippen LogP contribution in [0.3, 0.4) is 0 Å². The van der Waals surface area contributed by atoms with Gasteiger partial charge in [0.1, 0.15) is 11.8 Å². The van der Waals surface area contributed by atoms with Gasteiger partial charge in [0.25, 0.3) is 0 Å². The number of esters is 1. The lowest BCUT2D eigenvalue weighted by molar-refractivity contribution is -0.142. The van der Waals surface area contributed by atoms with Gasteiger partial charge in [-0.3, -0.25) is 4.79 Å². The zero-order valence-electron chi connectivity index (χ0n) is 8.86. The Morgan fingerprint density at radius 1 is 1.47 bits per heavy atom. The molecule has 0 aromatic heterocycles. The predicted molar refractivity (Wildman–Crippen MR) is 56.7 cm³/mol. The normalized spacial score (nSPS) is 12.1. The van der Waals surface area contributed by atoms with Gasteiger partial charge in [0.05, 0.1) is 7.11 Å². The molecule has 1 atom stereocenters. The molecule has 4 heteroatoms. The molecule has 0 aliphatic heterocycles. The lowest BCUT2D eigenvalue weighted by atomic mass is 10.1. The van der Waals surface area contributed by atoms with Crippen LogP contribution >= 0.6 is 0 Å². The lowest BCUT2D eigenvalue weighted by Crippen LogP contribution is -2.36. The van der Waals surface area contributed by atoms with Gasteiger partial charge in [0, 0.05) is 0 Å². The minimum atomic E-state index is -0.348. The highest BCUT2D eigenvalue weighted by molar-refractivity contribution is 5.76. The quantitative estimate of drug-likeness (QED) is 0.716. The number of carbonyl (C=O) groups excluding carboxylic acids is 1. The third kappa shape index (κ3) is 3.25. The van der Waals surface area contributed by atoms with Crippen LogP contribution in [0.5, 0.6) is 5.75 Å². The molecule has 0 amide bonds. The summed E-state index contributed by atoms with van der Waals surface area (Å²) >= 11 is 0. The average Bonchev–Trinajstić information content (AvgIpc) is 2.27. The molecular formula is C11H15NO3. The molecule has 0 saturated carbocycles. The Labute approximate surface area is 88.9 Å². The van der Waals surface area contributed by atoms with E-state index in [1.165, 1.54) is 7.11 Å². The minimum Gasteiger partial charge on any atom is -0.508 e. The summed E-state index contributed by atoms with van der Waals surface area (Å²) in [5.74, 6) is -0.0663. The van der Waals surface area contributed by atoms with Crippen LogP contribution in [0.15, 0.2) is 24.3 Å². The summed E-state index contributed by atoms with van der Waals surface area (Å²) in [4.78, 5) is 11.3. The molecule has 0 saturated heterocycles. The second kappa shape index (κ2) is 5.36. The van der Waals surface area contributed by atoms with E-state index in [1.54, 1.807) is 31.3 Å². The van der Waals surface area contributed by atoms with Gasteiger partial charge in [-0.15, -0.1) is 0 Å². The maximum absolute atomic E-state index is 11.3. The molecule has 1 aromatic carbocycles. The molecule has 0 heterocycles. The lowest BCUT2D eigenvalue weighted by Gasteiger charge is -2.13. The molecule has 0 aliphatic rings. The molecule has 0 aliphatic carbocycles. The molecule has 0 fully saturated rings. The summed E-state index contributed by atoms with van der Waals surface area (Å²) in [6, 6.07) is 6.41. The van der Waals surface area contributed by atoms with Crippen LogP contribution in [0.2, 0.25) is 0 Å². The van der Waals surface area contributed by atoms with E-state index in [2.05, 4.69) is 10.1 Å². The molecule has 2 N–H and O–H groups in total. The fraction of sp³-hybridized carbons (Fsp3) is 0.364. The number of likely N-dealkylation sites (N-methyl/N-ethyl adjacent to an activating group) is 1. The van der Waals surface area contributed by atoms with Gasteiger partial charge < -0.3 is 15.2 Å². The Morgan fingerprint density at radius 2 is 2.07 bits per heavy atom. The van der Waals surface area contributed by atoms with Crippen LogP contribution in [-0.4, -0.2) is 31.3 Å². The number of hydrogen-bond acceptors (Lipinski definition) is 4. The van der Waals surface area contributed by atoms with Crippen molar-refractivity contribution in [1.29, 1.82) is 0 Å². The third-order valence-corrected chi connectivity index (χ3v) is 2.21. The Kier molecular flexibility index (Phi) is 4.12. The van der Waals surface area contributed by atoms with Crippen molar-refractivity contribution in [3.63, 3.8) is 0 Å². The first-order valence-electron chi connectivity index (χ1n) is 4.70. The number of nitrogens with one attached hydrogen (secondary N) is 1. The summed E-state index contributed by atoms with van der Waals surface area (Å²) < 4.78 is 4.65. The Morgan fingerprint density at radius 3 is 2.53 bits per heavy atom. The SMILES string of the molecule is CNC(Cc1ccc(O)cc1)C(=O)OC. The van der Waals surface area contributed by atoms with E-state index in [1.807, 2.05) is 0 Å². The van der Waals surface area contributed by atoms with Crippen molar-refractivity contribution in [3.05, 3.63) is 29.8 Å². The number of aromatic hydroxyl groups is 1. The first-order chi connectivity index (χ1) is 7.17. The van der Waals surface area contributed by atoms with Crippen molar-refractivity contribution >= 4 is 5.97 Å². The number of hydrogen-bond donors (Lipinski definition) is 2. The summed E-state index contributed by atoms with van der Waals surface area (Å²) in [7, 11) is 3.07. The highest BCUT2D eigenvalue weighted by atomic mass is 16.5. The number of ether oxygens (including phenoxy) is 1. The summed E-state index contributed by atoms with van der Waals surface area (Å²) in [5.41, 5.74) is 0.970. The van der Waals surface area contributed by atoms with Crippen LogP contribution < -0.4 is 5.32 Å². The second-order valence-electron chi connectivity index (χ2n) is 3.23.